The molecule has 0 radical (unpaired) electrons. The number of benzene rings is 1. The van der Waals surface area contributed by atoms with E-state index in [4.69, 9.17) is 0 Å². The van der Waals surface area contributed by atoms with Gasteiger partial charge in [0.25, 0.3) is 5.91 Å². The minimum atomic E-state index is -4.48. The predicted molar refractivity (Wildman–Crippen MR) is 95.6 cm³/mol. The van der Waals surface area contributed by atoms with E-state index in [0.29, 0.717) is 30.7 Å². The number of rotatable bonds is 4. The van der Waals surface area contributed by atoms with Gasteiger partial charge in [0.15, 0.2) is 0 Å². The second kappa shape index (κ2) is 7.84. The third-order valence-electron chi connectivity index (χ3n) is 4.53. The van der Waals surface area contributed by atoms with Crippen molar-refractivity contribution in [1.82, 2.24) is 14.7 Å². The molecule has 0 unspecified atom stereocenters. The van der Waals surface area contributed by atoms with Crippen molar-refractivity contribution >= 4 is 16.7 Å². The van der Waals surface area contributed by atoms with Gasteiger partial charge in [-0.2, -0.15) is 18.3 Å². The first-order valence-corrected chi connectivity index (χ1v) is 10.3. The van der Waals surface area contributed by atoms with Crippen LogP contribution >= 0.6 is 0 Å². The van der Waals surface area contributed by atoms with Crippen molar-refractivity contribution in [2.75, 3.05) is 19.3 Å². The zero-order valence-electron chi connectivity index (χ0n) is 14.8. The van der Waals surface area contributed by atoms with Crippen LogP contribution in [0, 0.1) is 0 Å². The molecule has 1 aliphatic heterocycles. The van der Waals surface area contributed by atoms with Crippen LogP contribution in [-0.4, -0.2) is 44.1 Å². The van der Waals surface area contributed by atoms with Crippen molar-refractivity contribution in [2.45, 2.75) is 30.8 Å². The largest absolute Gasteiger partial charge is 0.433 e. The summed E-state index contributed by atoms with van der Waals surface area (Å²) >= 11 is 0. The molecule has 27 heavy (non-hydrogen) atoms. The molecule has 1 aliphatic rings. The molecule has 3 rings (SSSR count). The van der Waals surface area contributed by atoms with Crippen LogP contribution in [0.15, 0.2) is 36.5 Å². The normalized spacial score (nSPS) is 19.1. The zero-order valence-corrected chi connectivity index (χ0v) is 15.6. The zero-order chi connectivity index (χ0) is 19.6. The lowest BCUT2D eigenvalue weighted by molar-refractivity contribution is -0.145. The Morgan fingerprint density at radius 1 is 1.33 bits per heavy atom. The summed E-state index contributed by atoms with van der Waals surface area (Å²) in [6.45, 7) is 0.662. The van der Waals surface area contributed by atoms with Crippen molar-refractivity contribution in [3.8, 4) is 0 Å². The molecule has 1 fully saturated rings. The van der Waals surface area contributed by atoms with Crippen molar-refractivity contribution in [2.24, 2.45) is 0 Å². The maximum Gasteiger partial charge on any atom is 0.433 e. The van der Waals surface area contributed by atoms with E-state index in [1.807, 2.05) is 0 Å². The average Bonchev–Trinajstić information content (AvgIpc) is 3.11. The molecule has 0 aliphatic carbocycles. The van der Waals surface area contributed by atoms with E-state index in [2.05, 4.69) is 5.10 Å². The summed E-state index contributed by atoms with van der Waals surface area (Å²) in [6, 6.07) is 7.34. The highest BCUT2D eigenvalue weighted by atomic mass is 32.2. The molecule has 2 heterocycles. The predicted octanol–water partition coefficient (Wildman–Crippen LogP) is 3.26. The maximum absolute atomic E-state index is 13.1. The van der Waals surface area contributed by atoms with Gasteiger partial charge in [-0.1, -0.05) is 12.1 Å². The molecule has 1 amide bonds. The van der Waals surface area contributed by atoms with Gasteiger partial charge in [0.2, 0.25) is 0 Å². The molecule has 1 aromatic carbocycles. The number of likely N-dealkylation sites (tertiary alicyclic amines) is 1. The van der Waals surface area contributed by atoms with E-state index in [9.17, 15) is 22.2 Å². The Labute approximate surface area is 157 Å². The topological polar surface area (TPSA) is 55.2 Å². The summed E-state index contributed by atoms with van der Waals surface area (Å²) in [5.74, 6) is 0.121. The number of amides is 1. The van der Waals surface area contributed by atoms with Crippen molar-refractivity contribution in [3.05, 3.63) is 53.3 Å². The van der Waals surface area contributed by atoms with Crippen LogP contribution in [0.3, 0.4) is 0 Å². The minimum absolute atomic E-state index is 0.174. The molecular formula is C18H20F3N3O2S. The molecule has 2 atom stereocenters. The van der Waals surface area contributed by atoms with Gasteiger partial charge < -0.3 is 4.90 Å². The molecule has 0 bridgehead atoms. The molecule has 9 heteroatoms. The minimum Gasteiger partial charge on any atom is -0.337 e. The fourth-order valence-corrected chi connectivity index (χ4v) is 4.03. The Morgan fingerprint density at radius 3 is 2.81 bits per heavy atom. The highest BCUT2D eigenvalue weighted by molar-refractivity contribution is 7.83. The third kappa shape index (κ3) is 4.58. The first-order chi connectivity index (χ1) is 12.8. The van der Waals surface area contributed by atoms with Crippen molar-refractivity contribution in [1.29, 1.82) is 0 Å². The second-order valence-electron chi connectivity index (χ2n) is 6.62. The number of carbonyl (C=O) groups is 1. The summed E-state index contributed by atoms with van der Waals surface area (Å²) in [4.78, 5) is 14.4. The Morgan fingerprint density at radius 2 is 2.11 bits per heavy atom. The molecular weight excluding hydrogens is 379 g/mol. The van der Waals surface area contributed by atoms with Crippen LogP contribution in [0.1, 0.15) is 40.5 Å². The fourth-order valence-electron chi connectivity index (χ4n) is 3.38. The smallest absolute Gasteiger partial charge is 0.337 e. The molecule has 2 aromatic rings. The second-order valence-corrected chi connectivity index (χ2v) is 8.06. The van der Waals surface area contributed by atoms with Gasteiger partial charge in [-0.25, -0.2) is 0 Å². The van der Waals surface area contributed by atoms with Crippen molar-refractivity contribution < 1.29 is 22.2 Å². The summed E-state index contributed by atoms with van der Waals surface area (Å²) in [5, 5.41) is 3.84. The summed E-state index contributed by atoms with van der Waals surface area (Å²) < 4.78 is 51.8. The Kier molecular flexibility index (Phi) is 5.69. The van der Waals surface area contributed by atoms with Gasteiger partial charge in [-0.15, -0.1) is 0 Å². The number of nitrogens with zero attached hydrogens (tertiary/aromatic N) is 3. The first kappa shape index (κ1) is 19.6. The molecule has 1 saturated heterocycles. The van der Waals surface area contributed by atoms with E-state index in [0.717, 1.165) is 22.5 Å². The number of hydrogen-bond acceptors (Lipinski definition) is 3. The molecule has 0 saturated carbocycles. The van der Waals surface area contributed by atoms with Crippen LogP contribution in [0.4, 0.5) is 13.2 Å². The molecule has 5 nitrogen and oxygen atoms in total. The van der Waals surface area contributed by atoms with Crippen LogP contribution < -0.4 is 0 Å². The maximum atomic E-state index is 13.1. The molecule has 146 valence electrons. The van der Waals surface area contributed by atoms with Crippen LogP contribution in [0.2, 0.25) is 0 Å². The van der Waals surface area contributed by atoms with Gasteiger partial charge in [0, 0.05) is 47.7 Å². The number of hydrogen-bond donors (Lipinski definition) is 0. The number of aromatic nitrogens is 2. The van der Waals surface area contributed by atoms with Gasteiger partial charge >= 0.3 is 6.18 Å². The van der Waals surface area contributed by atoms with E-state index < -0.39 is 28.7 Å². The lowest BCUT2D eigenvalue weighted by atomic mass is 10.0. The quantitative estimate of drug-likeness (QED) is 0.793. The number of halogens is 3. The Hall–Kier alpha value is -2.16. The lowest BCUT2D eigenvalue weighted by Gasteiger charge is -2.34. The molecule has 0 N–H and O–H groups in total. The monoisotopic (exact) mass is 399 g/mol. The highest BCUT2D eigenvalue weighted by Gasteiger charge is 2.37. The van der Waals surface area contributed by atoms with Gasteiger partial charge in [0.05, 0.1) is 6.04 Å². The van der Waals surface area contributed by atoms with Crippen LogP contribution in [0.25, 0.3) is 0 Å². The van der Waals surface area contributed by atoms with E-state index in [1.165, 1.54) is 0 Å². The highest BCUT2D eigenvalue weighted by Crippen LogP contribution is 2.33. The Balaban J connectivity index is 1.78. The van der Waals surface area contributed by atoms with E-state index in [-0.39, 0.29) is 12.5 Å². The van der Waals surface area contributed by atoms with Crippen LogP contribution in [0.5, 0.6) is 0 Å². The first-order valence-electron chi connectivity index (χ1n) is 8.54. The lowest BCUT2D eigenvalue weighted by Crippen LogP contribution is -2.41. The molecule has 0 spiro atoms. The SMILES string of the molecule is C[S@](=O)Cc1cccc(C(=O)N2CCC[C@H](n3nccc3C(F)(F)F)C2)c1. The van der Waals surface area contributed by atoms with Crippen LogP contribution in [-0.2, 0) is 22.7 Å². The van der Waals surface area contributed by atoms with Gasteiger partial charge in [-0.3, -0.25) is 13.7 Å². The summed E-state index contributed by atoms with van der Waals surface area (Å²) in [6.07, 6.45) is -0.619. The molecule has 1 aromatic heterocycles. The average molecular weight is 399 g/mol. The standard InChI is InChI=1S/C18H20F3N3O2S/c1-27(26)12-13-4-2-5-14(10-13)17(25)23-9-3-6-15(11-23)24-16(7-8-22-24)18(19,20)21/h2,4-5,7-8,10,15H,3,6,9,11-12H2,1H3/t15-,27-/m0/s1. The Bertz CT molecular complexity index is 850. The van der Waals surface area contributed by atoms with E-state index in [1.54, 1.807) is 35.4 Å². The number of alkyl halides is 3. The summed E-state index contributed by atoms with van der Waals surface area (Å²) in [7, 11) is -1.02. The summed E-state index contributed by atoms with van der Waals surface area (Å²) in [5.41, 5.74) is 0.450. The third-order valence-corrected chi connectivity index (χ3v) is 5.27. The number of carbonyl (C=O) groups excluding carboxylic acids is 1. The number of piperidine rings is 1. The fraction of sp³-hybridized carbons (Fsp3) is 0.444. The van der Waals surface area contributed by atoms with Crippen molar-refractivity contribution in [3.63, 3.8) is 0 Å². The van der Waals surface area contributed by atoms with E-state index >= 15 is 0 Å². The van der Waals surface area contributed by atoms with Gasteiger partial charge in [0.1, 0.15) is 5.69 Å². The van der Waals surface area contributed by atoms with Gasteiger partial charge in [-0.05, 0) is 36.6 Å².